The van der Waals surface area contributed by atoms with E-state index in [0.29, 0.717) is 19.8 Å². The predicted molar refractivity (Wildman–Crippen MR) is 97.9 cm³/mol. The Bertz CT molecular complexity index is 383. The number of carbonyl (C=O) groups is 2. The average Bonchev–Trinajstić information content (AvgIpc) is 3.20. The maximum Gasteiger partial charge on any atom is 0.332 e. The molecule has 0 saturated heterocycles. The number of esters is 2. The van der Waals surface area contributed by atoms with Gasteiger partial charge in [-0.25, -0.2) is 9.59 Å². The summed E-state index contributed by atoms with van der Waals surface area (Å²) in [5.74, 6) is -1.16. The predicted octanol–water partition coefficient (Wildman–Crippen LogP) is 3.71. The number of methoxy groups -OCH3 is 2. The standard InChI is InChI=1S/C6H8O4.C6H15O3P.C5H6.Co/c1-9-5(7)3-4-6(8)10-2;1-4-7-10(8-5-2)9-6-3;1-2-4-5-3-1;/h3-4H,1-2H3;4-6H2,1-3H3;1-4H,5H2;/b4-3+;;;. The van der Waals surface area contributed by atoms with E-state index in [1.165, 1.54) is 14.2 Å². The summed E-state index contributed by atoms with van der Waals surface area (Å²) in [5.41, 5.74) is 0. The van der Waals surface area contributed by atoms with Gasteiger partial charge in [0.25, 0.3) is 0 Å². The first-order valence-electron chi connectivity index (χ1n) is 7.90. The first-order chi connectivity index (χ1) is 12.0. The van der Waals surface area contributed by atoms with Crippen LogP contribution in [0.15, 0.2) is 36.5 Å². The number of hydrogen-bond donors (Lipinski definition) is 0. The Balaban J connectivity index is -0.000000314. The molecule has 0 aromatic carbocycles. The fraction of sp³-hybridized carbons (Fsp3) is 0.529. The minimum atomic E-state index is -1.06. The van der Waals surface area contributed by atoms with E-state index in [4.69, 9.17) is 13.6 Å². The molecule has 0 bridgehead atoms. The second-order valence-electron chi connectivity index (χ2n) is 3.95. The number of rotatable bonds is 8. The molecule has 0 atom stereocenters. The molecule has 1 rings (SSSR count). The van der Waals surface area contributed by atoms with Crippen LogP contribution in [0.5, 0.6) is 0 Å². The van der Waals surface area contributed by atoms with Crippen molar-refractivity contribution in [1.29, 1.82) is 0 Å². The summed E-state index contributed by atoms with van der Waals surface area (Å²) in [6.45, 7) is 7.71. The van der Waals surface area contributed by atoms with E-state index in [-0.39, 0.29) is 16.8 Å². The van der Waals surface area contributed by atoms with Gasteiger partial charge in [0, 0.05) is 28.9 Å². The molecule has 1 aliphatic carbocycles. The van der Waals surface area contributed by atoms with Crippen molar-refractivity contribution in [3.8, 4) is 0 Å². The quantitative estimate of drug-likeness (QED) is 0.327. The summed E-state index contributed by atoms with van der Waals surface area (Å²) >= 11 is 0. The van der Waals surface area contributed by atoms with Crippen LogP contribution in [0, 0.1) is 0 Å². The Morgan fingerprint density at radius 3 is 1.38 bits per heavy atom. The van der Waals surface area contributed by atoms with Crippen molar-refractivity contribution in [2.45, 2.75) is 27.2 Å². The second-order valence-corrected chi connectivity index (χ2v) is 5.17. The van der Waals surface area contributed by atoms with Gasteiger partial charge in [-0.1, -0.05) is 24.3 Å². The molecule has 0 amide bonds. The average molecular weight is 435 g/mol. The van der Waals surface area contributed by atoms with Crippen molar-refractivity contribution in [3.05, 3.63) is 36.5 Å². The Kier molecular flexibility index (Phi) is 27.4. The Morgan fingerprint density at radius 2 is 1.19 bits per heavy atom. The summed E-state index contributed by atoms with van der Waals surface area (Å²) in [6.07, 6.45) is 11.5. The van der Waals surface area contributed by atoms with E-state index >= 15 is 0 Å². The van der Waals surface area contributed by atoms with Gasteiger partial charge in [-0.3, -0.25) is 0 Å². The van der Waals surface area contributed by atoms with Crippen LogP contribution < -0.4 is 0 Å². The van der Waals surface area contributed by atoms with Gasteiger partial charge in [-0.2, -0.15) is 0 Å². The summed E-state index contributed by atoms with van der Waals surface area (Å²) in [5, 5.41) is 0. The van der Waals surface area contributed by atoms with Crippen molar-refractivity contribution >= 4 is 20.5 Å². The number of carbonyl (C=O) groups excluding carboxylic acids is 2. The zero-order valence-corrected chi connectivity index (χ0v) is 17.9. The van der Waals surface area contributed by atoms with Gasteiger partial charge < -0.3 is 23.0 Å². The second kappa shape index (κ2) is 24.0. The van der Waals surface area contributed by atoms with E-state index in [1.807, 2.05) is 20.8 Å². The molecule has 9 heteroatoms. The molecule has 7 nitrogen and oxygen atoms in total. The Hall–Kier alpha value is -1.02. The number of allylic oxidation sites excluding steroid dienone is 4. The van der Waals surface area contributed by atoms with Crippen molar-refractivity contribution in [2.24, 2.45) is 0 Å². The molecular weight excluding hydrogens is 406 g/mol. The van der Waals surface area contributed by atoms with Crippen molar-refractivity contribution in [1.82, 2.24) is 0 Å². The Labute approximate surface area is 167 Å². The monoisotopic (exact) mass is 435 g/mol. The van der Waals surface area contributed by atoms with Crippen molar-refractivity contribution in [2.75, 3.05) is 34.0 Å². The molecule has 0 spiro atoms. The molecule has 0 heterocycles. The zero-order valence-electron chi connectivity index (χ0n) is 15.9. The van der Waals surface area contributed by atoms with Gasteiger partial charge in [-0.15, -0.1) is 0 Å². The smallest absolute Gasteiger partial charge is 0.332 e. The van der Waals surface area contributed by atoms with Gasteiger partial charge in [0.1, 0.15) is 0 Å². The third-order valence-corrected chi connectivity index (χ3v) is 3.52. The SMILES string of the molecule is C1=CCC=C1.CCOP(OCC)OCC.COC(=O)/C=C/C(=O)OC.[Co]. The molecule has 153 valence electrons. The van der Waals surface area contributed by atoms with E-state index in [2.05, 4.69) is 33.8 Å². The molecule has 0 fully saturated rings. The van der Waals surface area contributed by atoms with Gasteiger partial charge >= 0.3 is 20.5 Å². The van der Waals surface area contributed by atoms with Crippen LogP contribution in [0.1, 0.15) is 27.2 Å². The zero-order chi connectivity index (χ0) is 19.3. The fourth-order valence-corrected chi connectivity index (χ4v) is 1.95. The molecule has 0 unspecified atom stereocenters. The van der Waals surface area contributed by atoms with E-state index in [1.54, 1.807) is 0 Å². The van der Waals surface area contributed by atoms with Crippen LogP contribution in [0.3, 0.4) is 0 Å². The van der Waals surface area contributed by atoms with Gasteiger partial charge in [0.15, 0.2) is 0 Å². The molecule has 0 saturated carbocycles. The minimum Gasteiger partial charge on any atom is -0.466 e. The van der Waals surface area contributed by atoms with Crippen molar-refractivity contribution < 1.29 is 49.4 Å². The molecular formula is C17H29CoO7P. The number of ether oxygens (including phenoxy) is 2. The molecule has 0 N–H and O–H groups in total. The van der Waals surface area contributed by atoms with E-state index in [0.717, 1.165) is 18.6 Å². The molecule has 0 aromatic rings. The van der Waals surface area contributed by atoms with Crippen LogP contribution in [0.2, 0.25) is 0 Å². The molecule has 0 aromatic heterocycles. The van der Waals surface area contributed by atoms with Crippen molar-refractivity contribution in [3.63, 3.8) is 0 Å². The van der Waals surface area contributed by atoms with Crippen LogP contribution in [-0.4, -0.2) is 46.0 Å². The molecule has 0 aliphatic heterocycles. The maximum atomic E-state index is 10.3. The summed E-state index contributed by atoms with van der Waals surface area (Å²) < 4.78 is 23.9. The van der Waals surface area contributed by atoms with Crippen LogP contribution in [0.4, 0.5) is 0 Å². The van der Waals surface area contributed by atoms with Gasteiger partial charge in [0.2, 0.25) is 0 Å². The molecule has 26 heavy (non-hydrogen) atoms. The normalized spacial score (nSPS) is 11.2. The topological polar surface area (TPSA) is 80.3 Å². The fourth-order valence-electron chi connectivity index (χ4n) is 1.09. The van der Waals surface area contributed by atoms with E-state index in [9.17, 15) is 9.59 Å². The van der Waals surface area contributed by atoms with Gasteiger partial charge in [-0.05, 0) is 27.2 Å². The third-order valence-electron chi connectivity index (χ3n) is 2.12. The van der Waals surface area contributed by atoms with E-state index < -0.39 is 20.5 Å². The van der Waals surface area contributed by atoms with Gasteiger partial charge in [0.05, 0.1) is 34.0 Å². The molecule has 1 radical (unpaired) electrons. The summed E-state index contributed by atoms with van der Waals surface area (Å²) in [7, 11) is 1.39. The van der Waals surface area contributed by atoms with Crippen LogP contribution in [0.25, 0.3) is 0 Å². The van der Waals surface area contributed by atoms with Crippen LogP contribution >= 0.6 is 8.60 Å². The largest absolute Gasteiger partial charge is 0.466 e. The first-order valence-corrected chi connectivity index (χ1v) is 8.99. The first kappa shape index (κ1) is 29.7. The third kappa shape index (κ3) is 23.0. The summed E-state index contributed by atoms with van der Waals surface area (Å²) in [6, 6.07) is 0. The maximum absolute atomic E-state index is 10.3. The Morgan fingerprint density at radius 1 is 0.846 bits per heavy atom. The summed E-state index contributed by atoms with van der Waals surface area (Å²) in [4.78, 5) is 20.6. The minimum absolute atomic E-state index is 0. The van der Waals surface area contributed by atoms with Crippen LogP contribution in [-0.2, 0) is 49.4 Å². The number of hydrogen-bond acceptors (Lipinski definition) is 7. The molecule has 1 aliphatic rings.